The van der Waals surface area contributed by atoms with Crippen molar-refractivity contribution in [2.24, 2.45) is 0 Å². The zero-order valence-electron chi connectivity index (χ0n) is 20.6. The standard InChI is InChI=1S/C29H30FNO5/c1-18(2)25-15-26(34-3)29(35-17-19-5-4-12-31-16-19)28(20-6-8-21(30)9-7-20)24(25)11-10-23-13-22(32)14-27(33)36-23/h4-12,15-16,18,22-23,32H,13-14,17H2,1-3H3/b11-10+. The van der Waals surface area contributed by atoms with E-state index in [1.807, 2.05) is 24.3 Å². The van der Waals surface area contributed by atoms with E-state index in [9.17, 15) is 14.3 Å². The van der Waals surface area contributed by atoms with E-state index in [0.29, 0.717) is 17.9 Å². The average Bonchev–Trinajstić information content (AvgIpc) is 2.86. The molecular formula is C29H30FNO5. The SMILES string of the molecule is COc1cc(C(C)C)c(/C=C/C2CC(O)CC(=O)O2)c(-c2ccc(F)cc2)c1OCc1cccnc1. The van der Waals surface area contributed by atoms with Crippen molar-refractivity contribution >= 4 is 12.0 Å². The number of aliphatic hydroxyl groups is 1. The second-order valence-corrected chi connectivity index (χ2v) is 9.08. The molecule has 1 aromatic heterocycles. The molecule has 2 heterocycles. The van der Waals surface area contributed by atoms with Crippen LogP contribution in [0.2, 0.25) is 0 Å². The number of carbonyl (C=O) groups excluding carboxylic acids is 1. The summed E-state index contributed by atoms with van der Waals surface area (Å²) < 4.78 is 31.3. The third-order valence-electron chi connectivity index (χ3n) is 6.07. The van der Waals surface area contributed by atoms with Gasteiger partial charge in [0.1, 0.15) is 18.5 Å². The third-order valence-corrected chi connectivity index (χ3v) is 6.07. The Morgan fingerprint density at radius 3 is 2.67 bits per heavy atom. The number of ether oxygens (including phenoxy) is 3. The molecule has 7 heteroatoms. The number of pyridine rings is 1. The Morgan fingerprint density at radius 1 is 1.25 bits per heavy atom. The fourth-order valence-corrected chi connectivity index (χ4v) is 4.30. The lowest BCUT2D eigenvalue weighted by atomic mass is 9.88. The molecule has 3 aromatic rings. The van der Waals surface area contributed by atoms with Crippen LogP contribution in [0.25, 0.3) is 17.2 Å². The highest BCUT2D eigenvalue weighted by Gasteiger charge is 2.26. The summed E-state index contributed by atoms with van der Waals surface area (Å²) in [6.07, 6.45) is 6.13. The molecule has 1 N–H and O–H groups in total. The van der Waals surface area contributed by atoms with E-state index in [0.717, 1.165) is 27.8 Å². The van der Waals surface area contributed by atoms with Crippen LogP contribution in [0.15, 0.2) is 60.9 Å². The number of aliphatic hydroxyl groups excluding tert-OH is 1. The lowest BCUT2D eigenvalue weighted by Crippen LogP contribution is -2.31. The minimum atomic E-state index is -0.740. The van der Waals surface area contributed by atoms with E-state index in [1.54, 1.807) is 37.7 Å². The van der Waals surface area contributed by atoms with Crippen LogP contribution in [0, 0.1) is 5.82 Å². The molecule has 6 nitrogen and oxygen atoms in total. The van der Waals surface area contributed by atoms with Gasteiger partial charge in [0.25, 0.3) is 0 Å². The second-order valence-electron chi connectivity index (χ2n) is 9.08. The first-order chi connectivity index (χ1) is 17.4. The number of methoxy groups -OCH3 is 1. The van der Waals surface area contributed by atoms with Crippen LogP contribution in [0.1, 0.15) is 49.3 Å². The maximum atomic E-state index is 13.8. The van der Waals surface area contributed by atoms with Crippen LogP contribution < -0.4 is 9.47 Å². The second kappa shape index (κ2) is 11.4. The molecular weight excluding hydrogens is 461 g/mol. The summed E-state index contributed by atoms with van der Waals surface area (Å²) in [6, 6.07) is 11.9. The molecule has 0 radical (unpaired) electrons. The number of esters is 1. The van der Waals surface area contributed by atoms with E-state index < -0.39 is 18.2 Å². The maximum absolute atomic E-state index is 13.8. The fourth-order valence-electron chi connectivity index (χ4n) is 4.30. The normalized spacial score (nSPS) is 17.9. The van der Waals surface area contributed by atoms with Crippen LogP contribution in [-0.4, -0.2) is 35.4 Å². The quantitative estimate of drug-likeness (QED) is 0.409. The summed E-state index contributed by atoms with van der Waals surface area (Å²) in [7, 11) is 1.59. The van der Waals surface area contributed by atoms with Crippen LogP contribution in [0.5, 0.6) is 11.5 Å². The van der Waals surface area contributed by atoms with E-state index in [4.69, 9.17) is 14.2 Å². The van der Waals surface area contributed by atoms with Crippen LogP contribution in [0.3, 0.4) is 0 Å². The lowest BCUT2D eigenvalue weighted by molar-refractivity contribution is -0.156. The Morgan fingerprint density at radius 2 is 2.03 bits per heavy atom. The smallest absolute Gasteiger partial charge is 0.309 e. The molecule has 0 amide bonds. The zero-order chi connectivity index (χ0) is 25.7. The lowest BCUT2D eigenvalue weighted by Gasteiger charge is -2.25. The molecule has 2 aromatic carbocycles. The van der Waals surface area contributed by atoms with Crippen molar-refractivity contribution in [3.8, 4) is 22.6 Å². The van der Waals surface area contributed by atoms with Crippen molar-refractivity contribution in [2.45, 2.75) is 51.4 Å². The highest BCUT2D eigenvalue weighted by Crippen LogP contribution is 2.45. The number of carbonyl (C=O) groups is 1. The predicted molar refractivity (Wildman–Crippen MR) is 135 cm³/mol. The van der Waals surface area contributed by atoms with E-state index in [2.05, 4.69) is 18.8 Å². The predicted octanol–water partition coefficient (Wildman–Crippen LogP) is 5.68. The van der Waals surface area contributed by atoms with Crippen LogP contribution >= 0.6 is 0 Å². The Hall–Kier alpha value is -3.71. The zero-order valence-corrected chi connectivity index (χ0v) is 20.6. The van der Waals surface area contributed by atoms with Gasteiger partial charge in [-0.2, -0.15) is 0 Å². The molecule has 0 bridgehead atoms. The molecule has 36 heavy (non-hydrogen) atoms. The van der Waals surface area contributed by atoms with Crippen LogP contribution in [-0.2, 0) is 16.1 Å². The molecule has 1 saturated heterocycles. The van der Waals surface area contributed by atoms with Gasteiger partial charge < -0.3 is 19.3 Å². The van der Waals surface area contributed by atoms with Crippen molar-refractivity contribution in [3.63, 3.8) is 0 Å². The Bertz CT molecular complexity index is 1220. The highest BCUT2D eigenvalue weighted by atomic mass is 19.1. The number of benzene rings is 2. The van der Waals surface area contributed by atoms with Crippen LogP contribution in [0.4, 0.5) is 4.39 Å². The van der Waals surface area contributed by atoms with Crippen molar-refractivity contribution in [2.75, 3.05) is 7.11 Å². The molecule has 2 atom stereocenters. The van der Waals surface area contributed by atoms with Crippen molar-refractivity contribution in [3.05, 3.63) is 83.4 Å². The van der Waals surface area contributed by atoms with Gasteiger partial charge in [0.15, 0.2) is 11.5 Å². The molecule has 1 aliphatic rings. The van der Waals surface area contributed by atoms with Gasteiger partial charge in [0.05, 0.1) is 19.6 Å². The van der Waals surface area contributed by atoms with E-state index in [1.165, 1.54) is 12.1 Å². The monoisotopic (exact) mass is 491 g/mol. The third kappa shape index (κ3) is 5.91. The highest BCUT2D eigenvalue weighted by molar-refractivity contribution is 5.85. The minimum Gasteiger partial charge on any atom is -0.493 e. The topological polar surface area (TPSA) is 77.9 Å². The number of hydrogen-bond donors (Lipinski definition) is 1. The molecule has 1 aliphatic heterocycles. The molecule has 0 aliphatic carbocycles. The molecule has 0 spiro atoms. The fraction of sp³-hybridized carbons (Fsp3) is 0.310. The molecule has 1 fully saturated rings. The summed E-state index contributed by atoms with van der Waals surface area (Å²) in [5.74, 6) is 0.408. The van der Waals surface area contributed by atoms with E-state index >= 15 is 0 Å². The summed E-state index contributed by atoms with van der Waals surface area (Å²) in [4.78, 5) is 16.0. The van der Waals surface area contributed by atoms with Gasteiger partial charge in [0.2, 0.25) is 0 Å². The average molecular weight is 492 g/mol. The van der Waals surface area contributed by atoms with Gasteiger partial charge in [-0.3, -0.25) is 9.78 Å². The van der Waals surface area contributed by atoms with Crippen molar-refractivity contribution < 1.29 is 28.5 Å². The number of hydrogen-bond acceptors (Lipinski definition) is 6. The van der Waals surface area contributed by atoms with Gasteiger partial charge >= 0.3 is 5.97 Å². The van der Waals surface area contributed by atoms with E-state index in [-0.39, 0.29) is 24.8 Å². The maximum Gasteiger partial charge on any atom is 0.309 e. The first-order valence-corrected chi connectivity index (χ1v) is 11.9. The molecule has 4 rings (SSSR count). The Labute approximate surface area is 210 Å². The summed E-state index contributed by atoms with van der Waals surface area (Å²) in [6.45, 7) is 4.40. The summed E-state index contributed by atoms with van der Waals surface area (Å²) in [5.41, 5.74) is 4.20. The number of cyclic esters (lactones) is 1. The van der Waals surface area contributed by atoms with Gasteiger partial charge in [0, 0.05) is 29.9 Å². The minimum absolute atomic E-state index is 0.00270. The van der Waals surface area contributed by atoms with Gasteiger partial charge in [-0.1, -0.05) is 38.1 Å². The summed E-state index contributed by atoms with van der Waals surface area (Å²) >= 11 is 0. The summed E-state index contributed by atoms with van der Waals surface area (Å²) in [5, 5.41) is 10.0. The Balaban J connectivity index is 1.86. The Kier molecular flexibility index (Phi) is 8.00. The largest absolute Gasteiger partial charge is 0.493 e. The van der Waals surface area contributed by atoms with Gasteiger partial charge in [-0.15, -0.1) is 0 Å². The van der Waals surface area contributed by atoms with Crippen molar-refractivity contribution in [1.82, 2.24) is 4.98 Å². The number of rotatable bonds is 8. The van der Waals surface area contributed by atoms with Gasteiger partial charge in [-0.05, 0) is 52.9 Å². The number of aromatic nitrogens is 1. The number of halogens is 1. The first-order valence-electron chi connectivity index (χ1n) is 11.9. The molecule has 2 unspecified atom stereocenters. The molecule has 0 saturated carbocycles. The van der Waals surface area contributed by atoms with Crippen molar-refractivity contribution in [1.29, 1.82) is 0 Å². The molecule has 188 valence electrons. The first kappa shape index (κ1) is 25.4. The number of nitrogens with zero attached hydrogens (tertiary/aromatic N) is 1. The van der Waals surface area contributed by atoms with Gasteiger partial charge in [-0.25, -0.2) is 4.39 Å².